The number of hydrogen-bond acceptors (Lipinski definition) is 5. The molecule has 0 saturated carbocycles. The topological polar surface area (TPSA) is 122 Å². The van der Waals surface area contributed by atoms with Crippen molar-refractivity contribution in [3.05, 3.63) is 53.5 Å². The number of carbonyl (C=O) groups is 1. The van der Waals surface area contributed by atoms with E-state index in [-0.39, 0.29) is 13.2 Å². The molecule has 1 aromatic heterocycles. The van der Waals surface area contributed by atoms with Gasteiger partial charge in [-0.05, 0) is 50.6 Å². The number of nitrogens with two attached hydrogens (primary N) is 1. The highest BCUT2D eigenvalue weighted by atomic mass is 16.5. The number of aryl methyl sites for hydroxylation is 1. The van der Waals surface area contributed by atoms with Gasteiger partial charge in [0.15, 0.2) is 12.6 Å². The van der Waals surface area contributed by atoms with Crippen molar-refractivity contribution < 1.29 is 19.1 Å². The number of benzene rings is 1. The number of primary amides is 1. The molecule has 1 amide bonds. The van der Waals surface area contributed by atoms with Gasteiger partial charge < -0.3 is 30.6 Å². The Morgan fingerprint density at radius 2 is 2.11 bits per heavy atom. The van der Waals surface area contributed by atoms with Crippen molar-refractivity contribution in [3.8, 4) is 5.75 Å². The molecule has 1 heterocycles. The molecule has 0 bridgehead atoms. The third kappa shape index (κ3) is 6.62. The number of furan rings is 1. The minimum atomic E-state index is -1.17. The van der Waals surface area contributed by atoms with E-state index in [9.17, 15) is 9.90 Å². The fraction of sp³-hybridized carbons (Fsp3) is 0.400. The van der Waals surface area contributed by atoms with Crippen molar-refractivity contribution in [1.82, 2.24) is 10.6 Å². The first-order valence-corrected chi connectivity index (χ1v) is 9.11. The van der Waals surface area contributed by atoms with E-state index in [0.29, 0.717) is 30.6 Å². The fourth-order valence-corrected chi connectivity index (χ4v) is 2.47. The summed E-state index contributed by atoms with van der Waals surface area (Å²) in [7, 11) is 0. The third-order valence-electron chi connectivity index (χ3n) is 3.91. The van der Waals surface area contributed by atoms with Crippen LogP contribution in [0.2, 0.25) is 0 Å². The second-order valence-corrected chi connectivity index (χ2v) is 6.64. The summed E-state index contributed by atoms with van der Waals surface area (Å²) in [5.41, 5.74) is 4.83. The molecule has 0 fully saturated rings. The number of amides is 1. The van der Waals surface area contributed by atoms with Crippen LogP contribution in [0.4, 0.5) is 0 Å². The molecular formula is C20H28N4O4. The van der Waals surface area contributed by atoms with Crippen molar-refractivity contribution in [2.24, 2.45) is 10.7 Å². The van der Waals surface area contributed by atoms with Crippen LogP contribution in [0.25, 0.3) is 0 Å². The molecule has 8 nitrogen and oxygen atoms in total. The van der Waals surface area contributed by atoms with Gasteiger partial charge in [-0.15, -0.1) is 0 Å². The Labute approximate surface area is 164 Å². The van der Waals surface area contributed by atoms with Gasteiger partial charge in [0, 0.05) is 6.54 Å². The molecule has 2 rings (SSSR count). The van der Waals surface area contributed by atoms with Gasteiger partial charge in [-0.2, -0.15) is 0 Å². The molecule has 1 unspecified atom stereocenters. The standard InChI is InChI=1S/C20H28N4O4/c1-4-22-19(24-13-20(3,26)17-9-8-14(2)28-17)23-11-15-6-5-7-16(10-15)27-12-18(21)25/h5-10,26H,4,11-13H2,1-3H3,(H2,21,25)(H2,22,23,24). The minimum absolute atomic E-state index is 0.168. The molecule has 0 saturated heterocycles. The SMILES string of the molecule is CCNC(=NCc1cccc(OCC(N)=O)c1)NCC(C)(O)c1ccc(C)o1. The van der Waals surface area contributed by atoms with Gasteiger partial charge in [-0.1, -0.05) is 12.1 Å². The van der Waals surface area contributed by atoms with Crippen LogP contribution < -0.4 is 21.1 Å². The van der Waals surface area contributed by atoms with Crippen molar-refractivity contribution in [2.45, 2.75) is 32.9 Å². The maximum Gasteiger partial charge on any atom is 0.255 e. The van der Waals surface area contributed by atoms with E-state index in [2.05, 4.69) is 15.6 Å². The van der Waals surface area contributed by atoms with Gasteiger partial charge in [-0.3, -0.25) is 4.79 Å². The molecule has 0 spiro atoms. The number of rotatable bonds is 9. The lowest BCUT2D eigenvalue weighted by molar-refractivity contribution is -0.119. The first-order chi connectivity index (χ1) is 13.3. The molecule has 1 atom stereocenters. The third-order valence-corrected chi connectivity index (χ3v) is 3.91. The zero-order valence-corrected chi connectivity index (χ0v) is 16.5. The Bertz CT molecular complexity index is 814. The molecule has 28 heavy (non-hydrogen) atoms. The smallest absolute Gasteiger partial charge is 0.255 e. The molecule has 5 N–H and O–H groups in total. The molecule has 1 aromatic carbocycles. The van der Waals surface area contributed by atoms with E-state index in [1.54, 1.807) is 25.1 Å². The Balaban J connectivity index is 2.00. The van der Waals surface area contributed by atoms with Gasteiger partial charge in [-0.25, -0.2) is 4.99 Å². The van der Waals surface area contributed by atoms with Gasteiger partial charge in [0.25, 0.3) is 5.91 Å². The van der Waals surface area contributed by atoms with Gasteiger partial charge >= 0.3 is 0 Å². The van der Waals surface area contributed by atoms with Crippen LogP contribution in [0.1, 0.15) is 30.9 Å². The van der Waals surface area contributed by atoms with Crippen molar-refractivity contribution in [1.29, 1.82) is 0 Å². The Morgan fingerprint density at radius 1 is 1.32 bits per heavy atom. The zero-order valence-electron chi connectivity index (χ0n) is 16.5. The van der Waals surface area contributed by atoms with Gasteiger partial charge in [0.1, 0.15) is 22.9 Å². The maximum atomic E-state index is 10.8. The zero-order chi connectivity index (χ0) is 20.6. The molecule has 2 aromatic rings. The number of ether oxygens (including phenoxy) is 1. The van der Waals surface area contributed by atoms with Crippen LogP contribution in [-0.2, 0) is 16.9 Å². The van der Waals surface area contributed by atoms with E-state index >= 15 is 0 Å². The summed E-state index contributed by atoms with van der Waals surface area (Å²) in [6.07, 6.45) is 0. The summed E-state index contributed by atoms with van der Waals surface area (Å²) >= 11 is 0. The number of hydrogen-bond donors (Lipinski definition) is 4. The monoisotopic (exact) mass is 388 g/mol. The second-order valence-electron chi connectivity index (χ2n) is 6.64. The largest absolute Gasteiger partial charge is 0.484 e. The Kier molecular flexibility index (Phi) is 7.45. The predicted octanol–water partition coefficient (Wildman–Crippen LogP) is 1.41. The fourth-order valence-electron chi connectivity index (χ4n) is 2.47. The summed E-state index contributed by atoms with van der Waals surface area (Å²) in [6, 6.07) is 10.9. The number of nitrogens with one attached hydrogen (secondary N) is 2. The molecule has 0 aliphatic rings. The predicted molar refractivity (Wildman–Crippen MR) is 107 cm³/mol. The molecular weight excluding hydrogens is 360 g/mol. The Morgan fingerprint density at radius 3 is 2.75 bits per heavy atom. The van der Waals surface area contributed by atoms with Gasteiger partial charge in [0.05, 0.1) is 13.1 Å². The number of carbonyl (C=O) groups excluding carboxylic acids is 1. The van der Waals surface area contributed by atoms with Crippen LogP contribution in [0.15, 0.2) is 45.8 Å². The minimum Gasteiger partial charge on any atom is -0.484 e. The number of nitrogens with zero attached hydrogens (tertiary/aromatic N) is 1. The maximum absolute atomic E-state index is 10.8. The quantitative estimate of drug-likeness (QED) is 0.381. The highest BCUT2D eigenvalue weighted by Gasteiger charge is 2.27. The second kappa shape index (κ2) is 9.80. The average Bonchev–Trinajstić information content (AvgIpc) is 3.10. The molecule has 8 heteroatoms. The van der Waals surface area contributed by atoms with Gasteiger partial charge in [0.2, 0.25) is 0 Å². The highest BCUT2D eigenvalue weighted by Crippen LogP contribution is 2.22. The van der Waals surface area contributed by atoms with E-state index in [4.69, 9.17) is 14.9 Å². The van der Waals surface area contributed by atoms with E-state index < -0.39 is 11.5 Å². The molecule has 152 valence electrons. The first-order valence-electron chi connectivity index (χ1n) is 9.11. The lowest BCUT2D eigenvalue weighted by Crippen LogP contribution is -2.44. The van der Waals surface area contributed by atoms with E-state index in [1.165, 1.54) is 0 Å². The highest BCUT2D eigenvalue weighted by molar-refractivity contribution is 5.79. The molecule has 0 radical (unpaired) electrons. The number of aliphatic imine (C=N–C) groups is 1. The van der Waals surface area contributed by atoms with Crippen LogP contribution >= 0.6 is 0 Å². The Hall–Kier alpha value is -3.00. The summed E-state index contributed by atoms with van der Waals surface area (Å²) in [5, 5.41) is 16.9. The van der Waals surface area contributed by atoms with E-state index in [0.717, 1.165) is 11.3 Å². The van der Waals surface area contributed by atoms with Crippen LogP contribution in [0, 0.1) is 6.92 Å². The summed E-state index contributed by atoms with van der Waals surface area (Å²) in [5.74, 6) is 1.83. The van der Waals surface area contributed by atoms with Crippen molar-refractivity contribution in [2.75, 3.05) is 19.7 Å². The number of aliphatic hydroxyl groups is 1. The van der Waals surface area contributed by atoms with E-state index in [1.807, 2.05) is 32.0 Å². The van der Waals surface area contributed by atoms with Crippen LogP contribution in [0.5, 0.6) is 5.75 Å². The van der Waals surface area contributed by atoms with Crippen molar-refractivity contribution >= 4 is 11.9 Å². The van der Waals surface area contributed by atoms with Crippen LogP contribution in [-0.4, -0.2) is 36.7 Å². The van der Waals surface area contributed by atoms with Crippen LogP contribution in [0.3, 0.4) is 0 Å². The number of guanidine groups is 1. The molecule has 0 aliphatic carbocycles. The summed E-state index contributed by atoms with van der Waals surface area (Å²) < 4.78 is 10.8. The van der Waals surface area contributed by atoms with Crippen molar-refractivity contribution in [3.63, 3.8) is 0 Å². The first kappa shape index (κ1) is 21.3. The normalized spacial score (nSPS) is 13.6. The summed E-state index contributed by atoms with van der Waals surface area (Å²) in [4.78, 5) is 15.4. The lowest BCUT2D eigenvalue weighted by atomic mass is 10.0. The summed E-state index contributed by atoms with van der Waals surface area (Å²) in [6.45, 7) is 6.61. The lowest BCUT2D eigenvalue weighted by Gasteiger charge is -2.22. The average molecular weight is 388 g/mol. The molecule has 0 aliphatic heterocycles.